The molecular weight excluding hydrogens is 294 g/mol. The minimum absolute atomic E-state index is 0.0673. The monoisotopic (exact) mass is 313 g/mol. The predicted octanol–water partition coefficient (Wildman–Crippen LogP) is 2.60. The van der Waals surface area contributed by atoms with Crippen molar-refractivity contribution in [1.82, 2.24) is 4.90 Å². The van der Waals surface area contributed by atoms with E-state index >= 15 is 0 Å². The number of nitrogens with zero attached hydrogens (tertiary/aromatic N) is 1. The van der Waals surface area contributed by atoms with E-state index in [2.05, 4.69) is 0 Å². The van der Waals surface area contributed by atoms with Crippen molar-refractivity contribution in [3.63, 3.8) is 0 Å². The summed E-state index contributed by atoms with van der Waals surface area (Å²) < 4.78 is 5.04. The van der Waals surface area contributed by atoms with Gasteiger partial charge in [0, 0.05) is 13.1 Å². The highest BCUT2D eigenvalue weighted by Gasteiger charge is 2.15. The van der Waals surface area contributed by atoms with Crippen LogP contribution >= 0.6 is 0 Å². The molecule has 5 heteroatoms. The molecule has 2 aromatic carbocycles. The number of carbonyl (C=O) groups excluding carboxylic acids is 2. The van der Waals surface area contributed by atoms with Crippen LogP contribution in [0.25, 0.3) is 0 Å². The molecule has 2 aromatic rings. The number of rotatable bonds is 6. The molecule has 23 heavy (non-hydrogen) atoms. The highest BCUT2D eigenvalue weighted by atomic mass is 16.5. The van der Waals surface area contributed by atoms with E-state index in [1.807, 2.05) is 37.3 Å². The number of phenols is 1. The Morgan fingerprint density at radius 2 is 1.70 bits per heavy atom. The standard InChI is InChI=1S/C18H19NO4/c1-2-19(12-14-6-4-3-5-7-14)17(21)13-23-18(22)15-8-10-16(20)11-9-15/h3-11,20H,2,12-13H2,1H3. The highest BCUT2D eigenvalue weighted by Crippen LogP contribution is 2.11. The number of benzene rings is 2. The van der Waals surface area contributed by atoms with Gasteiger partial charge in [0.25, 0.3) is 5.91 Å². The van der Waals surface area contributed by atoms with E-state index in [0.29, 0.717) is 18.7 Å². The first kappa shape index (κ1) is 16.5. The zero-order valence-corrected chi connectivity index (χ0v) is 12.9. The van der Waals surface area contributed by atoms with Crippen LogP contribution in [-0.4, -0.2) is 35.0 Å². The molecule has 0 unspecified atom stereocenters. The molecule has 1 N–H and O–H groups in total. The molecule has 0 bridgehead atoms. The molecule has 2 rings (SSSR count). The number of ether oxygens (including phenoxy) is 1. The number of phenolic OH excluding ortho intramolecular Hbond substituents is 1. The zero-order chi connectivity index (χ0) is 16.7. The molecule has 0 radical (unpaired) electrons. The minimum atomic E-state index is -0.589. The smallest absolute Gasteiger partial charge is 0.338 e. The molecule has 1 amide bonds. The maximum atomic E-state index is 12.2. The second-order valence-corrected chi connectivity index (χ2v) is 5.02. The highest BCUT2D eigenvalue weighted by molar-refractivity contribution is 5.91. The molecule has 0 spiro atoms. The molecule has 0 atom stereocenters. The first-order chi connectivity index (χ1) is 11.1. The maximum absolute atomic E-state index is 12.2. The number of likely N-dealkylation sites (N-methyl/N-ethyl adjacent to an activating group) is 1. The fourth-order valence-electron chi connectivity index (χ4n) is 2.08. The van der Waals surface area contributed by atoms with Gasteiger partial charge in [0.2, 0.25) is 0 Å². The summed E-state index contributed by atoms with van der Waals surface area (Å²) in [6, 6.07) is 15.3. The van der Waals surface area contributed by atoms with Crippen LogP contribution in [-0.2, 0) is 16.1 Å². The summed E-state index contributed by atoms with van der Waals surface area (Å²) in [6.45, 7) is 2.58. The lowest BCUT2D eigenvalue weighted by molar-refractivity contribution is -0.134. The van der Waals surface area contributed by atoms with Gasteiger partial charge in [0.05, 0.1) is 5.56 Å². The second-order valence-electron chi connectivity index (χ2n) is 5.02. The third-order valence-electron chi connectivity index (χ3n) is 3.38. The largest absolute Gasteiger partial charge is 0.508 e. The van der Waals surface area contributed by atoms with Crippen molar-refractivity contribution in [3.8, 4) is 5.75 Å². The van der Waals surface area contributed by atoms with Crippen LogP contribution in [0.5, 0.6) is 5.75 Å². The Hall–Kier alpha value is -2.82. The van der Waals surface area contributed by atoms with Crippen LogP contribution in [0.15, 0.2) is 54.6 Å². The number of carbonyl (C=O) groups is 2. The Kier molecular flexibility index (Phi) is 5.74. The lowest BCUT2D eigenvalue weighted by atomic mass is 10.2. The molecule has 5 nitrogen and oxygen atoms in total. The van der Waals surface area contributed by atoms with Crippen molar-refractivity contribution in [3.05, 3.63) is 65.7 Å². The van der Waals surface area contributed by atoms with Crippen LogP contribution in [0.1, 0.15) is 22.8 Å². The van der Waals surface area contributed by atoms with Gasteiger partial charge >= 0.3 is 5.97 Å². The van der Waals surface area contributed by atoms with Crippen molar-refractivity contribution in [2.75, 3.05) is 13.2 Å². The topological polar surface area (TPSA) is 66.8 Å². The van der Waals surface area contributed by atoms with Gasteiger partial charge in [-0.3, -0.25) is 4.79 Å². The van der Waals surface area contributed by atoms with Crippen LogP contribution in [0.2, 0.25) is 0 Å². The second kappa shape index (κ2) is 7.98. The van der Waals surface area contributed by atoms with Crippen LogP contribution in [0.3, 0.4) is 0 Å². The number of amides is 1. The van der Waals surface area contributed by atoms with E-state index in [1.165, 1.54) is 24.3 Å². The van der Waals surface area contributed by atoms with E-state index in [4.69, 9.17) is 4.74 Å². The van der Waals surface area contributed by atoms with Gasteiger partial charge in [-0.1, -0.05) is 30.3 Å². The van der Waals surface area contributed by atoms with E-state index in [1.54, 1.807) is 4.90 Å². The summed E-state index contributed by atoms with van der Waals surface area (Å²) in [5.74, 6) is -0.768. The zero-order valence-electron chi connectivity index (χ0n) is 12.9. The number of hydrogen-bond donors (Lipinski definition) is 1. The lowest BCUT2D eigenvalue weighted by Gasteiger charge is -2.20. The Morgan fingerprint density at radius 1 is 1.04 bits per heavy atom. The SMILES string of the molecule is CCN(Cc1ccccc1)C(=O)COC(=O)c1ccc(O)cc1. The first-order valence-corrected chi connectivity index (χ1v) is 7.38. The Labute approximate surface area is 135 Å². The predicted molar refractivity (Wildman–Crippen MR) is 85.9 cm³/mol. The third-order valence-corrected chi connectivity index (χ3v) is 3.38. The molecule has 0 fully saturated rings. The van der Waals surface area contributed by atoms with Crippen molar-refractivity contribution < 1.29 is 19.4 Å². The van der Waals surface area contributed by atoms with E-state index in [-0.39, 0.29) is 18.3 Å². The molecule has 0 aliphatic rings. The molecule has 120 valence electrons. The quantitative estimate of drug-likeness (QED) is 0.832. The van der Waals surface area contributed by atoms with Gasteiger partial charge in [0.1, 0.15) is 5.75 Å². The Balaban J connectivity index is 1.89. The fourth-order valence-corrected chi connectivity index (χ4v) is 2.08. The summed E-state index contributed by atoms with van der Waals surface area (Å²) in [6.07, 6.45) is 0. The molecule has 0 aliphatic carbocycles. The number of esters is 1. The average Bonchev–Trinajstić information content (AvgIpc) is 2.58. The van der Waals surface area contributed by atoms with Gasteiger partial charge in [-0.15, -0.1) is 0 Å². The van der Waals surface area contributed by atoms with Crippen molar-refractivity contribution in [2.45, 2.75) is 13.5 Å². The summed E-state index contributed by atoms with van der Waals surface area (Å²) in [7, 11) is 0. The van der Waals surface area contributed by atoms with Gasteiger partial charge in [-0.05, 0) is 36.8 Å². The molecule has 0 heterocycles. The summed E-state index contributed by atoms with van der Waals surface area (Å²) in [4.78, 5) is 25.7. The summed E-state index contributed by atoms with van der Waals surface area (Å²) in [5, 5.41) is 9.19. The molecule has 0 saturated heterocycles. The Bertz CT molecular complexity index is 652. The van der Waals surface area contributed by atoms with Crippen molar-refractivity contribution >= 4 is 11.9 Å². The van der Waals surface area contributed by atoms with Crippen molar-refractivity contribution in [1.29, 1.82) is 0 Å². The summed E-state index contributed by atoms with van der Waals surface area (Å²) in [5.41, 5.74) is 1.31. The minimum Gasteiger partial charge on any atom is -0.508 e. The molecule has 0 aliphatic heterocycles. The van der Waals surface area contributed by atoms with E-state index in [0.717, 1.165) is 5.56 Å². The normalized spacial score (nSPS) is 10.1. The van der Waals surface area contributed by atoms with Gasteiger partial charge < -0.3 is 14.7 Å². The summed E-state index contributed by atoms with van der Waals surface area (Å²) >= 11 is 0. The van der Waals surface area contributed by atoms with E-state index in [9.17, 15) is 14.7 Å². The third kappa shape index (κ3) is 4.85. The number of aromatic hydroxyl groups is 1. The van der Waals surface area contributed by atoms with Crippen molar-refractivity contribution in [2.24, 2.45) is 0 Å². The van der Waals surface area contributed by atoms with Gasteiger partial charge in [-0.25, -0.2) is 4.79 Å². The fraction of sp³-hybridized carbons (Fsp3) is 0.222. The van der Waals surface area contributed by atoms with E-state index < -0.39 is 5.97 Å². The Morgan fingerprint density at radius 3 is 2.30 bits per heavy atom. The average molecular weight is 313 g/mol. The molecule has 0 saturated carbocycles. The maximum Gasteiger partial charge on any atom is 0.338 e. The lowest BCUT2D eigenvalue weighted by Crippen LogP contribution is -2.34. The molecular formula is C18H19NO4. The van der Waals surface area contributed by atoms with Crippen LogP contribution < -0.4 is 0 Å². The molecule has 0 aromatic heterocycles. The van der Waals surface area contributed by atoms with Gasteiger partial charge in [0.15, 0.2) is 6.61 Å². The number of hydrogen-bond acceptors (Lipinski definition) is 4. The van der Waals surface area contributed by atoms with Crippen LogP contribution in [0, 0.1) is 0 Å². The van der Waals surface area contributed by atoms with Gasteiger partial charge in [-0.2, -0.15) is 0 Å². The first-order valence-electron chi connectivity index (χ1n) is 7.38. The van der Waals surface area contributed by atoms with Crippen LogP contribution in [0.4, 0.5) is 0 Å².